The Kier molecular flexibility index (Phi) is 11.8. The van der Waals surface area contributed by atoms with Crippen molar-refractivity contribution in [2.75, 3.05) is 12.8 Å². The molecule has 2 aliphatic rings. The van der Waals surface area contributed by atoms with Gasteiger partial charge in [-0.05, 0) is 57.0 Å². The molecule has 4 unspecified atom stereocenters. The van der Waals surface area contributed by atoms with Crippen LogP contribution in [0.3, 0.4) is 0 Å². The number of benzene rings is 1. The molecule has 9 atom stereocenters. The first-order valence-electron chi connectivity index (χ1n) is 12.5. The quantitative estimate of drug-likeness (QED) is 0.190. The lowest BCUT2D eigenvalue weighted by Gasteiger charge is -2.44. The van der Waals surface area contributed by atoms with Crippen LogP contribution in [-0.4, -0.2) is 86.8 Å². The van der Waals surface area contributed by atoms with Crippen LogP contribution in [0.5, 0.6) is 0 Å². The van der Waals surface area contributed by atoms with Gasteiger partial charge in [0.1, 0.15) is 47.7 Å². The average Bonchev–Trinajstić information content (AvgIpc) is 3.11. The molecule has 0 spiro atoms. The second-order valence-electron chi connectivity index (χ2n) is 9.49. The summed E-state index contributed by atoms with van der Waals surface area (Å²) in [4.78, 5) is 0. The van der Waals surface area contributed by atoms with Gasteiger partial charge in [-0.15, -0.1) is 23.4 Å². The number of aliphatic hydroxyl groups excluding tert-OH is 4. The number of aliphatic hydroxyl groups is 4. The van der Waals surface area contributed by atoms with Gasteiger partial charge in [-0.25, -0.2) is 8.78 Å². The van der Waals surface area contributed by atoms with E-state index in [0.717, 1.165) is 18.1 Å². The van der Waals surface area contributed by atoms with Crippen LogP contribution in [-0.2, 0) is 11.2 Å². The molecule has 1 aromatic rings. The van der Waals surface area contributed by atoms with E-state index in [9.17, 15) is 29.2 Å². The maximum Gasteiger partial charge on any atom is 0.132 e. The normalized spacial score (nSPS) is 31.5. The van der Waals surface area contributed by atoms with Crippen LogP contribution in [0.15, 0.2) is 42.0 Å². The largest absolute Gasteiger partial charge is 0.388 e. The van der Waals surface area contributed by atoms with Gasteiger partial charge >= 0.3 is 0 Å². The number of halogens is 3. The smallest absolute Gasteiger partial charge is 0.132 e. The summed E-state index contributed by atoms with van der Waals surface area (Å²) < 4.78 is 32.7. The molecular weight excluding hydrogens is 526 g/mol. The van der Waals surface area contributed by atoms with Crippen molar-refractivity contribution >= 4 is 23.4 Å². The topological polar surface area (TPSA) is 114 Å². The molecule has 2 aliphatic heterocycles. The van der Waals surface area contributed by atoms with Crippen LogP contribution in [0.25, 0.3) is 0 Å². The Morgan fingerprint density at radius 1 is 1.24 bits per heavy atom. The number of aryl methyl sites for hydroxylation is 1. The molecule has 0 bridgehead atoms. The fourth-order valence-electron chi connectivity index (χ4n) is 4.62. The lowest BCUT2D eigenvalue weighted by atomic mass is 9.92. The van der Waals surface area contributed by atoms with Gasteiger partial charge in [0.25, 0.3) is 0 Å². The second kappa shape index (κ2) is 14.3. The number of allylic oxidation sites excluding steroid dienone is 2. The molecule has 1 fully saturated rings. The highest BCUT2D eigenvalue weighted by Gasteiger charge is 2.47. The van der Waals surface area contributed by atoms with Crippen LogP contribution in [0.1, 0.15) is 31.7 Å². The summed E-state index contributed by atoms with van der Waals surface area (Å²) in [6, 6.07) is 2.56. The maximum atomic E-state index is 13.8. The molecule has 0 aliphatic carbocycles. The van der Waals surface area contributed by atoms with E-state index >= 15 is 0 Å². The van der Waals surface area contributed by atoms with Crippen LogP contribution in [0.4, 0.5) is 8.78 Å². The average molecular weight is 563 g/mol. The zero-order valence-corrected chi connectivity index (χ0v) is 22.5. The summed E-state index contributed by atoms with van der Waals surface area (Å²) in [5.74, 6) is -1.13. The molecular formula is C26H37ClF2N2O5S. The minimum absolute atomic E-state index is 0.343. The third-order valence-corrected chi connectivity index (χ3v) is 7.94. The standard InChI is InChI=1S/C26H37ClF2N2O5S/c1-14(27)20(24-22(33)21(32)23(34)26(36-24)37-2)31-25(35)19-10-7-15(11-12-30-19)5-3-4-6-16-8-9-17(28)13-18(16)29/h3,5,7-9,13-14,19-26,30-35H,4,6,10-12H2,1-2H3/b5-3+/t14-,19?,20+,21?,22-,23+,24+,25?,26?/m0/s1. The summed E-state index contributed by atoms with van der Waals surface area (Å²) in [5, 5.41) is 47.7. The van der Waals surface area contributed by atoms with Crippen molar-refractivity contribution in [1.29, 1.82) is 0 Å². The highest BCUT2D eigenvalue weighted by Crippen LogP contribution is 2.30. The maximum absolute atomic E-state index is 13.8. The Labute approximate surface area is 225 Å². The summed E-state index contributed by atoms with van der Waals surface area (Å²) in [6.45, 7) is 2.32. The van der Waals surface area contributed by atoms with Crippen LogP contribution in [0, 0.1) is 11.6 Å². The van der Waals surface area contributed by atoms with Crippen molar-refractivity contribution in [2.45, 2.75) is 86.1 Å². The number of hydrogen-bond acceptors (Lipinski definition) is 8. The molecule has 0 amide bonds. The van der Waals surface area contributed by atoms with Crippen LogP contribution >= 0.6 is 23.4 Å². The fourth-order valence-corrected chi connectivity index (χ4v) is 5.52. The van der Waals surface area contributed by atoms with Crippen molar-refractivity contribution in [1.82, 2.24) is 10.6 Å². The van der Waals surface area contributed by atoms with Crippen molar-refractivity contribution in [3.8, 4) is 0 Å². The molecule has 6 N–H and O–H groups in total. The van der Waals surface area contributed by atoms with Crippen molar-refractivity contribution < 1.29 is 33.9 Å². The predicted molar refractivity (Wildman–Crippen MR) is 141 cm³/mol. The van der Waals surface area contributed by atoms with Gasteiger partial charge < -0.3 is 30.5 Å². The minimum atomic E-state index is -1.40. The molecule has 2 heterocycles. The minimum Gasteiger partial charge on any atom is -0.388 e. The Morgan fingerprint density at radius 3 is 2.68 bits per heavy atom. The molecule has 0 radical (unpaired) electrons. The third kappa shape index (κ3) is 8.20. The summed E-state index contributed by atoms with van der Waals surface area (Å²) >= 11 is 7.60. The number of nitrogens with one attached hydrogen (secondary N) is 2. The molecule has 7 nitrogen and oxygen atoms in total. The number of alkyl halides is 1. The van der Waals surface area contributed by atoms with E-state index in [2.05, 4.69) is 10.6 Å². The monoisotopic (exact) mass is 562 g/mol. The summed E-state index contributed by atoms with van der Waals surface area (Å²) in [5.41, 5.74) is 0.806. The molecule has 1 aromatic carbocycles. The van der Waals surface area contributed by atoms with E-state index in [-0.39, 0.29) is 6.04 Å². The van der Waals surface area contributed by atoms with Gasteiger partial charge in [-0.2, -0.15) is 0 Å². The highest BCUT2D eigenvalue weighted by molar-refractivity contribution is 7.99. The van der Waals surface area contributed by atoms with Gasteiger partial charge in [0.05, 0.1) is 6.04 Å². The summed E-state index contributed by atoms with van der Waals surface area (Å²) in [6.07, 6.45) is 4.03. The van der Waals surface area contributed by atoms with E-state index in [1.165, 1.54) is 23.9 Å². The Balaban J connectivity index is 1.57. The molecule has 208 valence electrons. The number of thioether (sulfide) groups is 1. The molecule has 0 saturated carbocycles. The number of rotatable bonds is 10. The first-order chi connectivity index (χ1) is 17.6. The molecule has 11 heteroatoms. The zero-order valence-electron chi connectivity index (χ0n) is 20.9. The van der Waals surface area contributed by atoms with Gasteiger partial charge in [0.2, 0.25) is 0 Å². The Hall–Kier alpha value is -1.08. The van der Waals surface area contributed by atoms with E-state index in [1.807, 2.05) is 18.2 Å². The van der Waals surface area contributed by atoms with Gasteiger partial charge in [0.15, 0.2) is 0 Å². The third-order valence-electron chi connectivity index (χ3n) is 6.81. The van der Waals surface area contributed by atoms with Crippen molar-refractivity contribution in [3.63, 3.8) is 0 Å². The Morgan fingerprint density at radius 2 is 2.00 bits per heavy atom. The van der Waals surface area contributed by atoms with Gasteiger partial charge in [0, 0.05) is 17.5 Å². The number of hydrogen-bond donors (Lipinski definition) is 6. The van der Waals surface area contributed by atoms with Gasteiger partial charge in [-0.1, -0.05) is 29.9 Å². The molecule has 37 heavy (non-hydrogen) atoms. The highest BCUT2D eigenvalue weighted by atomic mass is 35.5. The lowest BCUT2D eigenvalue weighted by Crippen LogP contribution is -2.66. The van der Waals surface area contributed by atoms with Crippen LogP contribution < -0.4 is 10.6 Å². The zero-order chi connectivity index (χ0) is 27.1. The molecule has 3 rings (SSSR count). The van der Waals surface area contributed by atoms with E-state index in [0.29, 0.717) is 31.4 Å². The Bertz CT molecular complexity index is 938. The number of ether oxygens (including phenoxy) is 1. The van der Waals surface area contributed by atoms with Gasteiger partial charge in [-0.3, -0.25) is 5.32 Å². The molecule has 0 aromatic heterocycles. The fraction of sp³-hybridized carbons (Fsp3) is 0.615. The SMILES string of the molecule is CSC1O[C@H]([C@H](NC(O)C2CC=C(/C=C/CCc3ccc(F)cc3F)CCN2)[C@H](C)Cl)[C@@H](O)C(O)[C@H]1O. The van der Waals surface area contributed by atoms with E-state index in [1.54, 1.807) is 13.2 Å². The van der Waals surface area contributed by atoms with E-state index in [4.69, 9.17) is 16.3 Å². The first kappa shape index (κ1) is 30.5. The molecule has 1 saturated heterocycles. The second-order valence-corrected chi connectivity index (χ2v) is 11.1. The first-order valence-corrected chi connectivity index (χ1v) is 14.2. The summed E-state index contributed by atoms with van der Waals surface area (Å²) in [7, 11) is 0. The van der Waals surface area contributed by atoms with E-state index < -0.39 is 59.1 Å². The predicted octanol–water partition coefficient (Wildman–Crippen LogP) is 2.21. The van der Waals surface area contributed by atoms with Crippen LogP contribution in [0.2, 0.25) is 0 Å². The van der Waals surface area contributed by atoms with Crippen molar-refractivity contribution in [3.05, 3.63) is 59.2 Å². The lowest BCUT2D eigenvalue weighted by molar-refractivity contribution is -0.207. The van der Waals surface area contributed by atoms with Crippen molar-refractivity contribution in [2.24, 2.45) is 0 Å².